The predicted molar refractivity (Wildman–Crippen MR) is 398 cm³/mol. The maximum atomic E-state index is 14.1. The summed E-state index contributed by atoms with van der Waals surface area (Å²) in [4.78, 5) is 104. The van der Waals surface area contributed by atoms with E-state index in [0.717, 1.165) is 66.8 Å². The molecule has 0 atom stereocenters. The Labute approximate surface area is 612 Å². The van der Waals surface area contributed by atoms with E-state index in [0.29, 0.717) is 127 Å². The van der Waals surface area contributed by atoms with Crippen molar-refractivity contribution in [2.24, 2.45) is 0 Å². The normalized spacial score (nSPS) is 12.3. The first kappa shape index (κ1) is 83.7. The van der Waals surface area contributed by atoms with Gasteiger partial charge in [-0.25, -0.2) is 0 Å². The van der Waals surface area contributed by atoms with E-state index in [1.165, 1.54) is 0 Å². The Bertz CT molecular complexity index is 2910. The van der Waals surface area contributed by atoms with Crippen molar-refractivity contribution >= 4 is 93.7 Å². The van der Waals surface area contributed by atoms with Crippen LogP contribution in [0.2, 0.25) is 0 Å². The van der Waals surface area contributed by atoms with E-state index in [4.69, 9.17) is 65.4 Å². The second-order valence-electron chi connectivity index (χ2n) is 29.5. The summed E-state index contributed by atoms with van der Waals surface area (Å²) in [6.45, 7) is 27.1. The Hall–Kier alpha value is -7.00. The molecule has 0 aromatic heterocycles. The molecule has 4 aromatic carbocycles. The van der Waals surface area contributed by atoms with E-state index in [1.807, 2.05) is 0 Å². The third kappa shape index (κ3) is 28.4. The van der Waals surface area contributed by atoms with E-state index in [9.17, 15) is 38.4 Å². The minimum absolute atomic E-state index is 0.143. The number of hydrogen-bond acceptors (Lipinski definition) is 12. The number of ether oxygens (including phenoxy) is 4. The molecule has 0 radical (unpaired) electrons. The average Bonchev–Trinajstić information content (AvgIpc) is 0.766. The minimum atomic E-state index is -0.440. The quantitative estimate of drug-likeness (QED) is 0.0137. The standard InChI is InChI=1S/C76H108Cl4N8O12/c1-73(2,3)57-33-49-29-51-35-58(74(4,5)6)37-53(70(51)98-46-66(94)86-26-18-14-22-82-62(90)42-78)31-55-39-60(76(10,11)12)40-56(72(55)100-48-68(96)88-28-20-16-24-84-64(92)44-80)32-54-38-59(75(7,8)9)36-52(71(54)99-47-67(95)87-27-19-15-23-83-63(91)43-79)30-50(34-57)69(49)97-45-65(93)85-25-17-13-21-81-61(89)41-77/h33-40H,13-32,41-48H2,1-12H3,(H,81,89)(H,82,90)(H,83,91)(H,84,92)(H,85,93)(H,86,94)(H,87,95)(H,88,96). The highest BCUT2D eigenvalue weighted by Gasteiger charge is 2.31. The van der Waals surface area contributed by atoms with Crippen molar-refractivity contribution in [1.29, 1.82) is 0 Å². The van der Waals surface area contributed by atoms with Gasteiger partial charge in [0.25, 0.3) is 23.6 Å². The van der Waals surface area contributed by atoms with Gasteiger partial charge in [0.1, 0.15) is 46.5 Å². The van der Waals surface area contributed by atoms with Crippen molar-refractivity contribution in [1.82, 2.24) is 42.5 Å². The van der Waals surface area contributed by atoms with Crippen LogP contribution in [-0.4, -0.2) is 150 Å². The highest BCUT2D eigenvalue weighted by atomic mass is 35.5. The molecule has 0 saturated carbocycles. The molecular formula is C76H108Cl4N8O12. The molecule has 8 bridgehead atoms. The Balaban J connectivity index is 1.84. The van der Waals surface area contributed by atoms with Crippen molar-refractivity contribution in [3.8, 4) is 23.0 Å². The molecule has 8 N–H and O–H groups in total. The number of rotatable bonds is 36. The van der Waals surface area contributed by atoms with Gasteiger partial charge in [-0.05, 0) is 140 Å². The Morgan fingerprint density at radius 1 is 0.270 bits per heavy atom. The van der Waals surface area contributed by atoms with Crippen LogP contribution in [0.15, 0.2) is 48.5 Å². The number of carbonyl (C=O) groups excluding carboxylic acids is 8. The van der Waals surface area contributed by atoms with Crippen LogP contribution in [0.3, 0.4) is 0 Å². The van der Waals surface area contributed by atoms with Gasteiger partial charge in [-0.3, -0.25) is 38.4 Å². The third-order valence-corrected chi connectivity index (χ3v) is 17.8. The van der Waals surface area contributed by atoms with Crippen molar-refractivity contribution in [2.75, 3.05) is 102 Å². The molecule has 5 rings (SSSR count). The zero-order valence-corrected chi connectivity index (χ0v) is 63.9. The van der Waals surface area contributed by atoms with Crippen LogP contribution in [0.1, 0.15) is 201 Å². The number of halogens is 4. The van der Waals surface area contributed by atoms with Gasteiger partial charge < -0.3 is 61.5 Å². The number of nitrogens with one attached hydrogen (secondary N) is 8. The smallest absolute Gasteiger partial charge is 0.257 e. The van der Waals surface area contributed by atoms with E-state index in [1.54, 1.807) is 0 Å². The summed E-state index contributed by atoms with van der Waals surface area (Å²) >= 11 is 22.8. The number of benzene rings is 4. The lowest BCUT2D eigenvalue weighted by atomic mass is 9.79. The van der Waals surface area contributed by atoms with Gasteiger partial charge in [0, 0.05) is 78.0 Å². The fraction of sp³-hybridized carbons (Fsp3) is 0.579. The number of unbranched alkanes of at least 4 members (excludes halogenated alkanes) is 4. The molecule has 0 saturated heterocycles. The molecule has 0 fully saturated rings. The molecule has 0 aliphatic heterocycles. The van der Waals surface area contributed by atoms with E-state index in [2.05, 4.69) is 174 Å². The maximum Gasteiger partial charge on any atom is 0.257 e. The Morgan fingerprint density at radius 3 is 0.540 bits per heavy atom. The summed E-state index contributed by atoms with van der Waals surface area (Å²) in [6, 6.07) is 16.9. The van der Waals surface area contributed by atoms with Gasteiger partial charge >= 0.3 is 0 Å². The monoisotopic (exact) mass is 1460 g/mol. The van der Waals surface area contributed by atoms with Crippen LogP contribution in [0.25, 0.3) is 0 Å². The SMILES string of the molecule is CC(C)(C)c1cc2c(OCC(=O)NCCCCNC(=O)CCl)c(c1)Cc1cc(C(C)(C)C)cc(c1OCC(=O)NCCCCNC(=O)CCl)Cc1cc(C(C)(C)C)cc(c1OCC(=O)NCCCCNC(=O)CCl)Cc1cc(C(C)(C)C)cc(c1OCC(=O)NCCCCNC(=O)CCl)C2. The summed E-state index contributed by atoms with van der Waals surface area (Å²) in [7, 11) is 0. The molecule has 0 spiro atoms. The topological polar surface area (TPSA) is 270 Å². The number of carbonyl (C=O) groups is 8. The van der Waals surface area contributed by atoms with E-state index < -0.39 is 21.7 Å². The van der Waals surface area contributed by atoms with E-state index in [-0.39, 0.29) is 123 Å². The summed E-state index contributed by atoms with van der Waals surface area (Å²) in [5.41, 5.74) is 7.95. The largest absolute Gasteiger partial charge is 0.483 e. The van der Waals surface area contributed by atoms with Crippen LogP contribution >= 0.6 is 46.4 Å². The van der Waals surface area contributed by atoms with Gasteiger partial charge in [0.05, 0.1) is 0 Å². The minimum Gasteiger partial charge on any atom is -0.483 e. The van der Waals surface area contributed by atoms with Gasteiger partial charge in [-0.1, -0.05) is 132 Å². The fourth-order valence-electron chi connectivity index (χ4n) is 11.1. The second-order valence-corrected chi connectivity index (χ2v) is 30.6. The predicted octanol–water partition coefficient (Wildman–Crippen LogP) is 10.1. The molecular weight excluding hydrogens is 1360 g/mol. The fourth-order valence-corrected chi connectivity index (χ4v) is 11.5. The number of hydrogen-bond donors (Lipinski definition) is 8. The molecule has 4 aromatic rings. The number of alkyl halides is 4. The molecule has 24 heteroatoms. The van der Waals surface area contributed by atoms with Crippen molar-refractivity contribution in [3.05, 3.63) is 115 Å². The molecule has 100 heavy (non-hydrogen) atoms. The summed E-state index contributed by atoms with van der Waals surface area (Å²) in [6.07, 6.45) is 5.53. The van der Waals surface area contributed by atoms with Gasteiger partial charge in [-0.2, -0.15) is 0 Å². The van der Waals surface area contributed by atoms with Crippen LogP contribution in [-0.2, 0) is 85.7 Å². The molecule has 552 valence electrons. The number of amides is 8. The van der Waals surface area contributed by atoms with Crippen LogP contribution in [0.5, 0.6) is 23.0 Å². The van der Waals surface area contributed by atoms with Crippen LogP contribution in [0, 0.1) is 0 Å². The number of fused-ring (bicyclic) bond motifs is 8. The maximum absolute atomic E-state index is 14.1. The van der Waals surface area contributed by atoms with Gasteiger partial charge in [0.2, 0.25) is 23.6 Å². The van der Waals surface area contributed by atoms with Crippen LogP contribution in [0.4, 0.5) is 0 Å². The second kappa shape index (κ2) is 40.6. The molecule has 1 aliphatic carbocycles. The lowest BCUT2D eigenvalue weighted by Gasteiger charge is -2.29. The third-order valence-electron chi connectivity index (χ3n) is 16.8. The summed E-state index contributed by atoms with van der Waals surface area (Å²) in [5, 5.41) is 23.1. The van der Waals surface area contributed by atoms with Gasteiger partial charge in [0.15, 0.2) is 26.4 Å². The zero-order valence-electron chi connectivity index (χ0n) is 60.8. The lowest BCUT2D eigenvalue weighted by Crippen LogP contribution is -2.31. The lowest BCUT2D eigenvalue weighted by molar-refractivity contribution is -0.123. The molecule has 20 nitrogen and oxygen atoms in total. The Morgan fingerprint density at radius 2 is 0.410 bits per heavy atom. The molecule has 8 amide bonds. The zero-order chi connectivity index (χ0) is 73.8. The summed E-state index contributed by atoms with van der Waals surface area (Å²) in [5.74, 6) is -1.30. The van der Waals surface area contributed by atoms with Crippen LogP contribution < -0.4 is 61.5 Å². The molecule has 0 unspecified atom stereocenters. The Kier molecular flexibility index (Phi) is 34.0. The molecule has 0 heterocycles. The first-order valence-corrected chi connectivity index (χ1v) is 36.9. The first-order chi connectivity index (χ1) is 47.2. The average molecular weight is 1470 g/mol. The van der Waals surface area contributed by atoms with E-state index >= 15 is 0 Å². The van der Waals surface area contributed by atoms with Crippen molar-refractivity contribution in [2.45, 2.75) is 182 Å². The van der Waals surface area contributed by atoms with Crippen molar-refractivity contribution in [3.63, 3.8) is 0 Å². The molecule has 1 aliphatic rings. The first-order valence-electron chi connectivity index (χ1n) is 34.8. The summed E-state index contributed by atoms with van der Waals surface area (Å²) < 4.78 is 27.8. The highest BCUT2D eigenvalue weighted by molar-refractivity contribution is 6.28. The van der Waals surface area contributed by atoms with Gasteiger partial charge in [-0.15, -0.1) is 46.4 Å². The van der Waals surface area contributed by atoms with Crippen molar-refractivity contribution < 1.29 is 57.3 Å². The highest BCUT2D eigenvalue weighted by Crippen LogP contribution is 2.44.